The SMILES string of the molecule is O=P(Cc1ccccc1O)(Oc1ccccc1)Oc1ccccc1. The van der Waals surface area contributed by atoms with E-state index >= 15 is 0 Å². The van der Waals surface area contributed by atoms with Gasteiger partial charge in [-0.1, -0.05) is 54.6 Å². The molecule has 0 fully saturated rings. The van der Waals surface area contributed by atoms with Gasteiger partial charge in [-0.15, -0.1) is 0 Å². The van der Waals surface area contributed by atoms with Crippen LogP contribution >= 0.6 is 7.60 Å². The Balaban J connectivity index is 1.91. The van der Waals surface area contributed by atoms with Gasteiger partial charge in [0.25, 0.3) is 0 Å². The van der Waals surface area contributed by atoms with Crippen molar-refractivity contribution in [3.63, 3.8) is 0 Å². The smallest absolute Gasteiger partial charge is 0.435 e. The number of hydrogen-bond acceptors (Lipinski definition) is 4. The maximum atomic E-state index is 13.3. The summed E-state index contributed by atoms with van der Waals surface area (Å²) in [5, 5.41) is 9.97. The van der Waals surface area contributed by atoms with Crippen molar-refractivity contribution in [3.8, 4) is 17.2 Å². The Kier molecular flexibility index (Phi) is 4.88. The molecule has 0 aliphatic rings. The highest BCUT2D eigenvalue weighted by Crippen LogP contribution is 2.52. The average Bonchev–Trinajstić information content (AvgIpc) is 2.58. The normalized spacial score (nSPS) is 11.0. The fourth-order valence-corrected chi connectivity index (χ4v) is 3.96. The average molecular weight is 340 g/mol. The van der Waals surface area contributed by atoms with Crippen molar-refractivity contribution >= 4 is 7.60 Å². The molecule has 0 spiro atoms. The molecule has 122 valence electrons. The van der Waals surface area contributed by atoms with E-state index in [-0.39, 0.29) is 11.9 Å². The van der Waals surface area contributed by atoms with E-state index in [9.17, 15) is 9.67 Å². The highest BCUT2D eigenvalue weighted by Gasteiger charge is 2.30. The molecule has 0 atom stereocenters. The van der Waals surface area contributed by atoms with Crippen molar-refractivity contribution in [2.24, 2.45) is 0 Å². The van der Waals surface area contributed by atoms with Crippen LogP contribution in [0.5, 0.6) is 17.2 Å². The first-order valence-electron chi connectivity index (χ1n) is 7.50. The van der Waals surface area contributed by atoms with Crippen LogP contribution in [0.2, 0.25) is 0 Å². The number of rotatable bonds is 6. The van der Waals surface area contributed by atoms with Gasteiger partial charge >= 0.3 is 7.60 Å². The number of para-hydroxylation sites is 3. The Labute approximate surface area is 140 Å². The second-order valence-corrected chi connectivity index (χ2v) is 7.11. The molecular formula is C19H17O4P. The fourth-order valence-electron chi connectivity index (χ4n) is 2.22. The molecule has 0 unspecified atom stereocenters. The minimum Gasteiger partial charge on any atom is -0.508 e. The van der Waals surface area contributed by atoms with E-state index in [0.717, 1.165) is 0 Å². The van der Waals surface area contributed by atoms with E-state index in [1.807, 2.05) is 12.1 Å². The minimum absolute atomic E-state index is 0.0382. The second-order valence-electron chi connectivity index (χ2n) is 5.21. The molecule has 0 radical (unpaired) electrons. The number of benzene rings is 3. The van der Waals surface area contributed by atoms with Crippen LogP contribution in [0.15, 0.2) is 84.9 Å². The zero-order valence-electron chi connectivity index (χ0n) is 12.9. The molecule has 0 aliphatic heterocycles. The van der Waals surface area contributed by atoms with Crippen LogP contribution in [0.1, 0.15) is 5.56 Å². The lowest BCUT2D eigenvalue weighted by atomic mass is 10.2. The molecule has 24 heavy (non-hydrogen) atoms. The number of hydrogen-bond donors (Lipinski definition) is 1. The predicted molar refractivity (Wildman–Crippen MR) is 93.6 cm³/mol. The summed E-state index contributed by atoms with van der Waals surface area (Å²) in [6.07, 6.45) is -0.0382. The van der Waals surface area contributed by atoms with Gasteiger partial charge < -0.3 is 14.2 Å². The maximum Gasteiger partial charge on any atom is 0.435 e. The van der Waals surface area contributed by atoms with Gasteiger partial charge in [0.1, 0.15) is 23.4 Å². The molecule has 0 bridgehead atoms. The molecular weight excluding hydrogens is 323 g/mol. The van der Waals surface area contributed by atoms with Crippen LogP contribution in [0, 0.1) is 0 Å². The highest BCUT2D eigenvalue weighted by atomic mass is 31.2. The summed E-state index contributed by atoms with van der Waals surface area (Å²) in [7, 11) is -3.57. The topological polar surface area (TPSA) is 55.8 Å². The predicted octanol–water partition coefficient (Wildman–Crippen LogP) is 5.24. The van der Waals surface area contributed by atoms with Crippen molar-refractivity contribution < 1.29 is 18.7 Å². The van der Waals surface area contributed by atoms with Gasteiger partial charge in [0, 0.05) is 5.56 Å². The second kappa shape index (κ2) is 7.24. The van der Waals surface area contributed by atoms with E-state index in [1.165, 1.54) is 0 Å². The summed E-state index contributed by atoms with van der Waals surface area (Å²) in [6.45, 7) is 0. The van der Waals surface area contributed by atoms with Crippen LogP contribution in [-0.2, 0) is 10.7 Å². The zero-order chi connectivity index (χ0) is 16.8. The van der Waals surface area contributed by atoms with Crippen LogP contribution in [-0.4, -0.2) is 5.11 Å². The Hall–Kier alpha value is -2.71. The maximum absolute atomic E-state index is 13.3. The van der Waals surface area contributed by atoms with Crippen molar-refractivity contribution in [1.82, 2.24) is 0 Å². The molecule has 0 aromatic heterocycles. The minimum atomic E-state index is -3.57. The van der Waals surface area contributed by atoms with E-state index in [1.54, 1.807) is 72.8 Å². The van der Waals surface area contributed by atoms with Crippen LogP contribution in [0.4, 0.5) is 0 Å². The van der Waals surface area contributed by atoms with E-state index in [0.29, 0.717) is 17.1 Å². The molecule has 0 heterocycles. The Morgan fingerprint density at radius 2 is 1.17 bits per heavy atom. The first-order valence-corrected chi connectivity index (χ1v) is 9.23. The number of phenolic OH excluding ortho intramolecular Hbond substituents is 1. The third-order valence-electron chi connectivity index (χ3n) is 3.33. The lowest BCUT2D eigenvalue weighted by Crippen LogP contribution is -2.04. The van der Waals surface area contributed by atoms with Gasteiger partial charge in [0.15, 0.2) is 0 Å². The van der Waals surface area contributed by atoms with Crippen molar-refractivity contribution in [1.29, 1.82) is 0 Å². The summed E-state index contributed by atoms with van der Waals surface area (Å²) >= 11 is 0. The molecule has 0 amide bonds. The van der Waals surface area contributed by atoms with Gasteiger partial charge in [-0.3, -0.25) is 0 Å². The monoisotopic (exact) mass is 340 g/mol. The molecule has 3 aromatic carbocycles. The number of aromatic hydroxyl groups is 1. The quantitative estimate of drug-likeness (QED) is 0.623. The summed E-state index contributed by atoms with van der Waals surface area (Å²) in [5.41, 5.74) is 0.507. The van der Waals surface area contributed by atoms with Gasteiger partial charge in [0.2, 0.25) is 0 Å². The first-order chi connectivity index (χ1) is 11.6. The summed E-state index contributed by atoms with van der Waals surface area (Å²) < 4.78 is 24.7. The molecule has 3 rings (SSSR count). The molecule has 0 aliphatic carbocycles. The summed E-state index contributed by atoms with van der Waals surface area (Å²) in [4.78, 5) is 0. The Morgan fingerprint density at radius 3 is 1.67 bits per heavy atom. The Morgan fingerprint density at radius 1 is 0.708 bits per heavy atom. The highest BCUT2D eigenvalue weighted by molar-refractivity contribution is 7.53. The lowest BCUT2D eigenvalue weighted by Gasteiger charge is -2.20. The fraction of sp³-hybridized carbons (Fsp3) is 0.0526. The van der Waals surface area contributed by atoms with Crippen molar-refractivity contribution in [2.75, 3.05) is 0 Å². The Bertz CT molecular complexity index is 789. The van der Waals surface area contributed by atoms with Gasteiger partial charge in [-0.05, 0) is 30.3 Å². The van der Waals surface area contributed by atoms with Crippen LogP contribution in [0.25, 0.3) is 0 Å². The third-order valence-corrected chi connectivity index (χ3v) is 5.04. The third kappa shape index (κ3) is 4.18. The molecule has 0 saturated heterocycles. The number of phenols is 1. The first kappa shape index (κ1) is 16.2. The van der Waals surface area contributed by atoms with Crippen LogP contribution in [0.3, 0.4) is 0 Å². The van der Waals surface area contributed by atoms with Gasteiger partial charge in [-0.25, -0.2) is 4.57 Å². The molecule has 1 N–H and O–H groups in total. The lowest BCUT2D eigenvalue weighted by molar-refractivity contribution is 0.383. The van der Waals surface area contributed by atoms with Crippen LogP contribution < -0.4 is 9.05 Å². The van der Waals surface area contributed by atoms with E-state index < -0.39 is 7.60 Å². The molecule has 4 nitrogen and oxygen atoms in total. The van der Waals surface area contributed by atoms with Crippen molar-refractivity contribution in [3.05, 3.63) is 90.5 Å². The van der Waals surface area contributed by atoms with E-state index in [4.69, 9.17) is 9.05 Å². The molecule has 5 heteroatoms. The van der Waals surface area contributed by atoms with Gasteiger partial charge in [-0.2, -0.15) is 0 Å². The molecule has 3 aromatic rings. The van der Waals surface area contributed by atoms with Gasteiger partial charge in [0.05, 0.1) is 0 Å². The molecule has 0 saturated carbocycles. The summed E-state index contributed by atoms with van der Waals surface area (Å²) in [6, 6.07) is 24.4. The van der Waals surface area contributed by atoms with Crippen molar-refractivity contribution in [2.45, 2.75) is 6.16 Å². The summed E-state index contributed by atoms with van der Waals surface area (Å²) in [5.74, 6) is 0.963. The largest absolute Gasteiger partial charge is 0.508 e. The zero-order valence-corrected chi connectivity index (χ0v) is 13.8. The standard InChI is InChI=1S/C19H17O4P/c20-19-14-8-7-9-16(19)15-24(21,22-17-10-3-1-4-11-17)23-18-12-5-2-6-13-18/h1-14,20H,15H2. The van der Waals surface area contributed by atoms with E-state index in [2.05, 4.69) is 0 Å².